The van der Waals surface area contributed by atoms with Gasteiger partial charge in [0.25, 0.3) is 0 Å². The topological polar surface area (TPSA) is 3.24 Å². The van der Waals surface area contributed by atoms with Crippen molar-refractivity contribution in [1.82, 2.24) is 4.90 Å². The van der Waals surface area contributed by atoms with E-state index >= 15 is 0 Å². The Morgan fingerprint density at radius 1 is 1.14 bits per heavy atom. The van der Waals surface area contributed by atoms with E-state index in [1.807, 2.05) is 0 Å². The van der Waals surface area contributed by atoms with Crippen LogP contribution in [0.2, 0.25) is 0 Å². The SMILES string of the molecule is CC1CCC(C(C)CCN(C)C)CC1. The monoisotopic (exact) mass is 197 g/mol. The van der Waals surface area contributed by atoms with E-state index < -0.39 is 0 Å². The summed E-state index contributed by atoms with van der Waals surface area (Å²) in [6, 6.07) is 0. The van der Waals surface area contributed by atoms with Gasteiger partial charge in [-0.15, -0.1) is 0 Å². The Hall–Kier alpha value is -0.0400. The van der Waals surface area contributed by atoms with E-state index in [0.717, 1.165) is 17.8 Å². The molecule has 0 aromatic rings. The first-order chi connectivity index (χ1) is 6.59. The van der Waals surface area contributed by atoms with Crippen molar-refractivity contribution in [2.45, 2.75) is 46.0 Å². The molecule has 1 aliphatic rings. The first-order valence-corrected chi connectivity index (χ1v) is 6.24. The molecule has 1 fully saturated rings. The maximum absolute atomic E-state index is 2.45. The van der Waals surface area contributed by atoms with Crippen LogP contribution in [-0.4, -0.2) is 25.5 Å². The minimum absolute atomic E-state index is 0.935. The summed E-state index contributed by atoms with van der Waals surface area (Å²) in [4.78, 5) is 2.31. The fraction of sp³-hybridized carbons (Fsp3) is 1.00. The molecule has 0 bridgehead atoms. The Bertz CT molecular complexity index is 145. The molecule has 1 rings (SSSR count). The zero-order valence-corrected chi connectivity index (χ0v) is 10.4. The lowest BCUT2D eigenvalue weighted by Gasteiger charge is -2.31. The van der Waals surface area contributed by atoms with Crippen LogP contribution in [0.15, 0.2) is 0 Å². The molecule has 0 aromatic heterocycles. The summed E-state index contributed by atoms with van der Waals surface area (Å²) in [5.41, 5.74) is 0. The molecule has 0 spiro atoms. The van der Waals surface area contributed by atoms with Gasteiger partial charge < -0.3 is 4.90 Å². The minimum Gasteiger partial charge on any atom is -0.309 e. The molecule has 1 unspecified atom stereocenters. The predicted octanol–water partition coefficient (Wildman–Crippen LogP) is 3.40. The molecular weight excluding hydrogens is 170 g/mol. The third-order valence-corrected chi connectivity index (χ3v) is 3.90. The normalized spacial score (nSPS) is 30.6. The Labute approximate surface area is 89.9 Å². The van der Waals surface area contributed by atoms with Crippen LogP contribution in [-0.2, 0) is 0 Å². The smallest absolute Gasteiger partial charge is 0.00222 e. The molecule has 1 nitrogen and oxygen atoms in total. The summed E-state index contributed by atoms with van der Waals surface area (Å²) < 4.78 is 0. The second-order valence-corrected chi connectivity index (χ2v) is 5.59. The molecule has 0 aliphatic heterocycles. The third kappa shape index (κ3) is 4.00. The van der Waals surface area contributed by atoms with Crippen LogP contribution in [0.25, 0.3) is 0 Å². The highest BCUT2D eigenvalue weighted by Crippen LogP contribution is 2.34. The predicted molar refractivity (Wildman–Crippen MR) is 63.5 cm³/mol. The highest BCUT2D eigenvalue weighted by atomic mass is 15.0. The quantitative estimate of drug-likeness (QED) is 0.667. The standard InChI is InChI=1S/C13H27N/c1-11-5-7-13(8-6-11)12(2)9-10-14(3)4/h11-13H,5-10H2,1-4H3. The van der Waals surface area contributed by atoms with Crippen molar-refractivity contribution < 1.29 is 0 Å². The zero-order chi connectivity index (χ0) is 10.6. The van der Waals surface area contributed by atoms with Gasteiger partial charge in [-0.2, -0.15) is 0 Å². The summed E-state index contributed by atoms with van der Waals surface area (Å²) in [5.74, 6) is 2.95. The van der Waals surface area contributed by atoms with Gasteiger partial charge in [0.15, 0.2) is 0 Å². The second-order valence-electron chi connectivity index (χ2n) is 5.59. The van der Waals surface area contributed by atoms with E-state index in [0.29, 0.717) is 0 Å². The molecule has 1 heteroatoms. The number of nitrogens with zero attached hydrogens (tertiary/aromatic N) is 1. The molecule has 0 heterocycles. The van der Waals surface area contributed by atoms with Crippen LogP contribution in [0.5, 0.6) is 0 Å². The van der Waals surface area contributed by atoms with Crippen molar-refractivity contribution >= 4 is 0 Å². The first-order valence-electron chi connectivity index (χ1n) is 6.24. The lowest BCUT2D eigenvalue weighted by atomic mass is 9.76. The summed E-state index contributed by atoms with van der Waals surface area (Å²) in [6.45, 7) is 6.11. The van der Waals surface area contributed by atoms with Crippen molar-refractivity contribution in [3.63, 3.8) is 0 Å². The van der Waals surface area contributed by atoms with Gasteiger partial charge in [0.1, 0.15) is 0 Å². The molecule has 14 heavy (non-hydrogen) atoms. The van der Waals surface area contributed by atoms with Gasteiger partial charge >= 0.3 is 0 Å². The van der Waals surface area contributed by atoms with Gasteiger partial charge in [0.2, 0.25) is 0 Å². The molecular formula is C13H27N. The number of rotatable bonds is 4. The van der Waals surface area contributed by atoms with E-state index in [4.69, 9.17) is 0 Å². The second kappa shape index (κ2) is 5.75. The molecule has 0 amide bonds. The molecule has 1 saturated carbocycles. The lowest BCUT2D eigenvalue weighted by Crippen LogP contribution is -2.23. The lowest BCUT2D eigenvalue weighted by molar-refractivity contribution is 0.203. The van der Waals surface area contributed by atoms with E-state index in [2.05, 4.69) is 32.8 Å². The maximum atomic E-state index is 2.45. The number of hydrogen-bond donors (Lipinski definition) is 0. The average Bonchev–Trinajstić information content (AvgIpc) is 2.15. The Kier molecular flexibility index (Phi) is 4.94. The van der Waals surface area contributed by atoms with Crippen LogP contribution in [0.1, 0.15) is 46.0 Å². The fourth-order valence-electron chi connectivity index (χ4n) is 2.55. The van der Waals surface area contributed by atoms with E-state index in [1.54, 1.807) is 0 Å². The summed E-state index contributed by atoms with van der Waals surface area (Å²) in [6.07, 6.45) is 7.28. The maximum Gasteiger partial charge on any atom is -0.00222 e. The minimum atomic E-state index is 0.935. The largest absolute Gasteiger partial charge is 0.309 e. The Balaban J connectivity index is 2.20. The van der Waals surface area contributed by atoms with Gasteiger partial charge in [-0.05, 0) is 57.7 Å². The van der Waals surface area contributed by atoms with E-state index in [9.17, 15) is 0 Å². The van der Waals surface area contributed by atoms with Crippen molar-refractivity contribution in [2.75, 3.05) is 20.6 Å². The Morgan fingerprint density at radius 3 is 2.21 bits per heavy atom. The van der Waals surface area contributed by atoms with Crippen LogP contribution in [0.3, 0.4) is 0 Å². The van der Waals surface area contributed by atoms with E-state index in [-0.39, 0.29) is 0 Å². The third-order valence-electron chi connectivity index (χ3n) is 3.90. The van der Waals surface area contributed by atoms with Gasteiger partial charge in [-0.1, -0.05) is 26.7 Å². The molecule has 0 aromatic carbocycles. The van der Waals surface area contributed by atoms with Gasteiger partial charge in [-0.3, -0.25) is 0 Å². The van der Waals surface area contributed by atoms with Gasteiger partial charge in [-0.25, -0.2) is 0 Å². The van der Waals surface area contributed by atoms with E-state index in [1.165, 1.54) is 38.6 Å². The van der Waals surface area contributed by atoms with Crippen molar-refractivity contribution in [3.8, 4) is 0 Å². The highest BCUT2D eigenvalue weighted by molar-refractivity contribution is 4.74. The van der Waals surface area contributed by atoms with Crippen LogP contribution < -0.4 is 0 Å². The van der Waals surface area contributed by atoms with Crippen LogP contribution in [0, 0.1) is 17.8 Å². The fourth-order valence-corrected chi connectivity index (χ4v) is 2.55. The van der Waals surface area contributed by atoms with Crippen molar-refractivity contribution in [3.05, 3.63) is 0 Å². The van der Waals surface area contributed by atoms with Crippen molar-refractivity contribution in [2.24, 2.45) is 17.8 Å². The van der Waals surface area contributed by atoms with Gasteiger partial charge in [0, 0.05) is 0 Å². The molecule has 1 atom stereocenters. The molecule has 84 valence electrons. The van der Waals surface area contributed by atoms with Crippen LogP contribution in [0.4, 0.5) is 0 Å². The average molecular weight is 197 g/mol. The molecule has 0 radical (unpaired) electrons. The molecule has 0 N–H and O–H groups in total. The van der Waals surface area contributed by atoms with Crippen LogP contribution >= 0.6 is 0 Å². The first kappa shape index (κ1) is 12.0. The summed E-state index contributed by atoms with van der Waals surface area (Å²) in [5, 5.41) is 0. The van der Waals surface area contributed by atoms with Gasteiger partial charge in [0.05, 0.1) is 0 Å². The highest BCUT2D eigenvalue weighted by Gasteiger charge is 2.22. The number of hydrogen-bond acceptors (Lipinski definition) is 1. The van der Waals surface area contributed by atoms with Crippen molar-refractivity contribution in [1.29, 1.82) is 0 Å². The molecule has 0 saturated heterocycles. The summed E-state index contributed by atoms with van der Waals surface area (Å²) in [7, 11) is 4.35. The zero-order valence-electron chi connectivity index (χ0n) is 10.4. The molecule has 1 aliphatic carbocycles. The Morgan fingerprint density at radius 2 is 1.71 bits per heavy atom. The summed E-state index contributed by atoms with van der Waals surface area (Å²) >= 11 is 0.